The third-order valence-electron chi connectivity index (χ3n) is 1.82. The number of hydrogen-bond donors (Lipinski definition) is 0. The lowest BCUT2D eigenvalue weighted by Crippen LogP contribution is -2.12. The van der Waals surface area contributed by atoms with Crippen molar-refractivity contribution in [1.29, 1.82) is 0 Å². The fourth-order valence-corrected chi connectivity index (χ4v) is 3.13. The van der Waals surface area contributed by atoms with Gasteiger partial charge in [0.1, 0.15) is 0 Å². The van der Waals surface area contributed by atoms with Crippen LogP contribution < -0.4 is 8.85 Å². The van der Waals surface area contributed by atoms with Crippen LogP contribution in [0.15, 0.2) is 12.1 Å². The van der Waals surface area contributed by atoms with Crippen LogP contribution in [0.5, 0.6) is 0 Å². The Bertz CT molecular complexity index is 362. The second-order valence-electron chi connectivity index (χ2n) is 2.66. The molecule has 1 aromatic carbocycles. The van der Waals surface area contributed by atoms with E-state index in [1.807, 2.05) is 0 Å². The molecule has 0 saturated carbocycles. The molecule has 0 atom stereocenters. The highest BCUT2D eigenvalue weighted by Crippen LogP contribution is 2.03. The lowest BCUT2D eigenvalue weighted by Gasteiger charge is -1.95. The van der Waals surface area contributed by atoms with Crippen molar-refractivity contribution in [1.82, 2.24) is 8.75 Å². The monoisotopic (exact) mass is 192 g/mol. The average Bonchev–Trinajstić information content (AvgIpc) is 2.45. The molecule has 0 bridgehead atoms. The van der Waals surface area contributed by atoms with Gasteiger partial charge >= 0.3 is 0 Å². The van der Waals surface area contributed by atoms with Gasteiger partial charge in [0.05, 0.1) is 22.8 Å². The summed E-state index contributed by atoms with van der Waals surface area (Å²) in [7, 11) is 0. The summed E-state index contributed by atoms with van der Waals surface area (Å²) in [4.78, 5) is 0. The molecule has 0 aliphatic rings. The summed E-state index contributed by atoms with van der Waals surface area (Å²) in [5, 5.41) is 0. The molecule has 1 aromatic heterocycles. The van der Waals surface area contributed by atoms with Gasteiger partial charge in [-0.2, -0.15) is 8.75 Å². The molecule has 0 N–H and O–H groups in total. The summed E-state index contributed by atoms with van der Waals surface area (Å²) in [6, 6.07) is 4.36. The second kappa shape index (κ2) is 2.86. The fourth-order valence-electron chi connectivity index (χ4n) is 1.11. The largest absolute Gasteiger partial charge is 0.262 e. The molecule has 0 amide bonds. The van der Waals surface area contributed by atoms with Gasteiger partial charge in [0.25, 0.3) is 32.6 Å². The molecule has 2 nitrogen and oxygen atoms in total. The van der Waals surface area contributed by atoms with E-state index in [4.69, 9.17) is 0 Å². The Labute approximate surface area is 84.8 Å². The SMILES string of the molecule is [AlH2][c]1cc[c]([AlH2])c2nsnc12. The van der Waals surface area contributed by atoms with E-state index in [0.717, 1.165) is 43.6 Å². The molecular weight excluding hydrogens is 186 g/mol. The van der Waals surface area contributed by atoms with Crippen molar-refractivity contribution in [2.75, 3.05) is 0 Å². The third kappa shape index (κ3) is 1.24. The zero-order valence-electron chi connectivity index (χ0n) is 6.46. The first-order valence-corrected chi connectivity index (χ1v) is 6.20. The minimum atomic E-state index is 1.07. The van der Waals surface area contributed by atoms with Crippen LogP contribution in [0.2, 0.25) is 0 Å². The first-order valence-electron chi connectivity index (χ1n) is 3.47. The maximum atomic E-state index is 4.27. The van der Waals surface area contributed by atoms with Gasteiger partial charge in [-0.25, -0.2) is 0 Å². The molecule has 1 heterocycles. The van der Waals surface area contributed by atoms with Crippen LogP contribution in [-0.2, 0) is 0 Å². The number of benzene rings is 1. The van der Waals surface area contributed by atoms with Crippen LogP contribution in [0, 0.1) is 0 Å². The molecule has 5 heteroatoms. The topological polar surface area (TPSA) is 25.8 Å². The molecule has 0 spiro atoms. The van der Waals surface area contributed by atoms with E-state index in [-0.39, 0.29) is 0 Å². The fraction of sp³-hybridized carbons (Fsp3) is 0. The van der Waals surface area contributed by atoms with Gasteiger partial charge in [-0.1, -0.05) is 21.0 Å². The molecule has 52 valence electrons. The third-order valence-corrected chi connectivity index (χ3v) is 3.96. The summed E-state index contributed by atoms with van der Waals surface area (Å²) in [6.45, 7) is 0. The quantitative estimate of drug-likeness (QED) is 0.461. The van der Waals surface area contributed by atoms with Crippen LogP contribution in [0.3, 0.4) is 0 Å². The number of hydrogen-bond acceptors (Lipinski definition) is 3. The predicted molar refractivity (Wildman–Crippen MR) is 53.8 cm³/mol. The van der Waals surface area contributed by atoms with Gasteiger partial charge < -0.3 is 0 Å². The van der Waals surface area contributed by atoms with Crippen LogP contribution in [0.1, 0.15) is 0 Å². The zero-order chi connectivity index (χ0) is 7.84. The molecule has 2 rings (SSSR count). The molecule has 2 aromatic rings. The minimum Gasteiger partial charge on any atom is -0.174 e. The number of nitrogens with zero attached hydrogens (tertiary/aromatic N) is 2. The lowest BCUT2D eigenvalue weighted by atomic mass is 10.3. The van der Waals surface area contributed by atoms with Crippen molar-refractivity contribution in [3.05, 3.63) is 12.1 Å². The number of rotatable bonds is 0. The Morgan fingerprint density at radius 1 is 1.00 bits per heavy atom. The van der Waals surface area contributed by atoms with Crippen LogP contribution >= 0.6 is 11.7 Å². The first-order chi connectivity index (χ1) is 5.29. The van der Waals surface area contributed by atoms with Gasteiger partial charge in [-0.05, 0) is 0 Å². The van der Waals surface area contributed by atoms with Crippen molar-refractivity contribution in [3.8, 4) is 0 Å². The molecule has 11 heavy (non-hydrogen) atoms. The van der Waals surface area contributed by atoms with Crippen molar-refractivity contribution in [2.24, 2.45) is 0 Å². The Hall–Kier alpha value is 0.105. The highest BCUT2D eigenvalue weighted by molar-refractivity contribution is 7.00. The van der Waals surface area contributed by atoms with Gasteiger partial charge in [0, 0.05) is 0 Å². The molecule has 0 saturated heterocycles. The minimum absolute atomic E-state index is 1.07. The van der Waals surface area contributed by atoms with E-state index in [9.17, 15) is 0 Å². The van der Waals surface area contributed by atoms with Crippen LogP contribution in [0.4, 0.5) is 0 Å². The Morgan fingerprint density at radius 2 is 1.45 bits per heavy atom. The van der Waals surface area contributed by atoms with Crippen LogP contribution in [0.25, 0.3) is 11.0 Å². The van der Waals surface area contributed by atoms with Crippen molar-refractivity contribution < 1.29 is 0 Å². The molecule has 0 aliphatic heterocycles. The maximum Gasteiger partial charge on any atom is 0.262 e. The standard InChI is InChI=1S/C6H2N2S.2Al.4H/c1-2-4-6-5(3-1)7-9-8-6;;;;;;/h1-2H;;;;;;. The molecule has 0 unspecified atom stereocenters. The average molecular weight is 192 g/mol. The van der Waals surface area contributed by atoms with E-state index in [1.165, 1.54) is 20.6 Å². The van der Waals surface area contributed by atoms with Crippen molar-refractivity contribution in [3.63, 3.8) is 0 Å². The Morgan fingerprint density at radius 3 is 1.91 bits per heavy atom. The van der Waals surface area contributed by atoms with Gasteiger partial charge in [-0.3, -0.25) is 0 Å². The molecule has 0 aliphatic carbocycles. The van der Waals surface area contributed by atoms with E-state index >= 15 is 0 Å². The highest BCUT2D eigenvalue weighted by Gasteiger charge is 2.02. The normalized spacial score (nSPS) is 10.5. The van der Waals surface area contributed by atoms with Crippen molar-refractivity contribution in [2.45, 2.75) is 0 Å². The first kappa shape index (κ1) is 7.74. The highest BCUT2D eigenvalue weighted by atomic mass is 32.1. The number of fused-ring (bicyclic) bond motifs is 1. The predicted octanol–water partition coefficient (Wildman–Crippen LogP) is -1.79. The summed E-state index contributed by atoms with van der Waals surface area (Å²) < 4.78 is 11.3. The number of aromatic nitrogens is 2. The Balaban J connectivity index is 2.96. The zero-order valence-corrected chi connectivity index (χ0v) is 11.3. The van der Waals surface area contributed by atoms with Crippen molar-refractivity contribution >= 4 is 64.2 Å². The summed E-state index contributed by atoms with van der Waals surface area (Å²) >= 11 is 3.47. The smallest absolute Gasteiger partial charge is 0.174 e. The van der Waals surface area contributed by atoms with E-state index in [1.54, 1.807) is 0 Å². The van der Waals surface area contributed by atoms with E-state index < -0.39 is 0 Å². The Kier molecular flexibility index (Phi) is 2.01. The van der Waals surface area contributed by atoms with E-state index in [0.29, 0.717) is 0 Å². The maximum absolute atomic E-state index is 4.27. The molecular formula is C6H6Al2N2S. The molecule has 0 radical (unpaired) electrons. The molecule has 0 fully saturated rings. The summed E-state index contributed by atoms with van der Waals surface area (Å²) in [6.07, 6.45) is 0. The summed E-state index contributed by atoms with van der Waals surface area (Å²) in [5.74, 6) is 0. The van der Waals surface area contributed by atoms with Gasteiger partial charge in [0.2, 0.25) is 0 Å². The summed E-state index contributed by atoms with van der Waals surface area (Å²) in [5.41, 5.74) is 2.29. The second-order valence-corrected chi connectivity index (χ2v) is 5.34. The van der Waals surface area contributed by atoms with Crippen LogP contribution in [-0.4, -0.2) is 41.3 Å². The van der Waals surface area contributed by atoms with E-state index in [2.05, 4.69) is 20.9 Å². The van der Waals surface area contributed by atoms with Gasteiger partial charge in [-0.15, -0.1) is 0 Å². The lowest BCUT2D eigenvalue weighted by molar-refractivity contribution is 1.70. The van der Waals surface area contributed by atoms with Gasteiger partial charge in [0.15, 0.2) is 0 Å².